The van der Waals surface area contributed by atoms with Crippen molar-refractivity contribution in [1.29, 1.82) is 5.26 Å². The van der Waals surface area contributed by atoms with Crippen LogP contribution in [-0.4, -0.2) is 25.0 Å². The lowest BCUT2D eigenvalue weighted by atomic mass is 9.86. The topological polar surface area (TPSA) is 79.2 Å². The van der Waals surface area contributed by atoms with E-state index < -0.39 is 6.04 Å². The van der Waals surface area contributed by atoms with Gasteiger partial charge in [0.15, 0.2) is 0 Å². The largest absolute Gasteiger partial charge is 0.469 e. The summed E-state index contributed by atoms with van der Waals surface area (Å²) in [7, 11) is 1.34. The van der Waals surface area contributed by atoms with Gasteiger partial charge in [0.2, 0.25) is 5.91 Å². The highest BCUT2D eigenvalue weighted by molar-refractivity contribution is 5.86. The molecule has 0 aliphatic heterocycles. The van der Waals surface area contributed by atoms with Crippen molar-refractivity contribution in [1.82, 2.24) is 5.32 Å². The van der Waals surface area contributed by atoms with Crippen LogP contribution in [0.4, 0.5) is 0 Å². The molecule has 1 saturated carbocycles. The number of nitrogens with zero attached hydrogens (tertiary/aromatic N) is 1. The number of hydrogen-bond donors (Lipinski definition) is 1. The number of carbonyl (C=O) groups excluding carboxylic acids is 2. The second kappa shape index (κ2) is 6.05. The van der Waals surface area contributed by atoms with Crippen molar-refractivity contribution in [3.63, 3.8) is 0 Å². The van der Waals surface area contributed by atoms with Crippen LogP contribution in [0.1, 0.15) is 40.0 Å². The zero-order chi connectivity index (χ0) is 14.6. The summed E-state index contributed by atoms with van der Waals surface area (Å²) >= 11 is 0. The Morgan fingerprint density at radius 3 is 2.37 bits per heavy atom. The van der Waals surface area contributed by atoms with E-state index in [1.54, 1.807) is 0 Å². The second-order valence-electron chi connectivity index (χ2n) is 6.10. The highest BCUT2D eigenvalue weighted by Crippen LogP contribution is 2.33. The van der Waals surface area contributed by atoms with Crippen LogP contribution in [0.5, 0.6) is 0 Å². The van der Waals surface area contributed by atoms with Gasteiger partial charge in [0.05, 0.1) is 25.0 Å². The average molecular weight is 266 g/mol. The Morgan fingerprint density at radius 2 is 1.89 bits per heavy atom. The third-order valence-corrected chi connectivity index (χ3v) is 3.64. The van der Waals surface area contributed by atoms with Gasteiger partial charge in [0, 0.05) is 0 Å². The minimum Gasteiger partial charge on any atom is -0.469 e. The molecule has 1 aliphatic carbocycles. The van der Waals surface area contributed by atoms with Gasteiger partial charge in [-0.3, -0.25) is 9.59 Å². The van der Waals surface area contributed by atoms with Gasteiger partial charge in [-0.2, -0.15) is 5.26 Å². The van der Waals surface area contributed by atoms with Gasteiger partial charge >= 0.3 is 5.97 Å². The SMILES string of the molecule is COC(=O)[C@@H]1CCC[C@H]1C(=O)N[C@@H](C#N)C(C)(C)C. The Labute approximate surface area is 114 Å². The van der Waals surface area contributed by atoms with Crippen molar-refractivity contribution in [2.75, 3.05) is 7.11 Å². The number of methoxy groups -OCH3 is 1. The van der Waals surface area contributed by atoms with Crippen LogP contribution >= 0.6 is 0 Å². The zero-order valence-corrected chi connectivity index (χ0v) is 12.0. The smallest absolute Gasteiger partial charge is 0.309 e. The third-order valence-electron chi connectivity index (χ3n) is 3.64. The van der Waals surface area contributed by atoms with Crippen LogP contribution in [0.15, 0.2) is 0 Å². The molecule has 0 radical (unpaired) electrons. The molecule has 5 heteroatoms. The molecule has 0 saturated heterocycles. The number of ether oxygens (including phenoxy) is 1. The summed E-state index contributed by atoms with van der Waals surface area (Å²) in [5.74, 6) is -1.29. The Morgan fingerprint density at radius 1 is 1.32 bits per heavy atom. The lowest BCUT2D eigenvalue weighted by Crippen LogP contribution is -2.46. The van der Waals surface area contributed by atoms with Gasteiger partial charge in [-0.1, -0.05) is 27.2 Å². The fraction of sp³-hybridized carbons (Fsp3) is 0.786. The zero-order valence-electron chi connectivity index (χ0n) is 12.0. The second-order valence-corrected chi connectivity index (χ2v) is 6.10. The minimum atomic E-state index is -0.557. The van der Waals surface area contributed by atoms with E-state index >= 15 is 0 Å². The van der Waals surface area contributed by atoms with Gasteiger partial charge in [0.1, 0.15) is 6.04 Å². The molecule has 3 atom stereocenters. The first kappa shape index (κ1) is 15.5. The molecule has 0 heterocycles. The minimum absolute atomic E-state index is 0.214. The Kier molecular flexibility index (Phi) is 4.93. The quantitative estimate of drug-likeness (QED) is 0.787. The molecule has 1 fully saturated rings. The van der Waals surface area contributed by atoms with E-state index in [4.69, 9.17) is 10.00 Å². The van der Waals surface area contributed by atoms with Crippen LogP contribution in [-0.2, 0) is 14.3 Å². The van der Waals surface area contributed by atoms with Crippen molar-refractivity contribution in [3.05, 3.63) is 0 Å². The molecule has 1 aliphatic rings. The maximum atomic E-state index is 12.2. The molecule has 0 aromatic rings. The fourth-order valence-electron chi connectivity index (χ4n) is 2.40. The number of carbonyl (C=O) groups is 2. The fourth-order valence-corrected chi connectivity index (χ4v) is 2.40. The van der Waals surface area contributed by atoms with Gasteiger partial charge < -0.3 is 10.1 Å². The van der Waals surface area contributed by atoms with E-state index in [0.717, 1.165) is 6.42 Å². The molecule has 0 unspecified atom stereocenters. The number of esters is 1. The predicted molar refractivity (Wildman–Crippen MR) is 69.8 cm³/mol. The van der Waals surface area contributed by atoms with Crippen LogP contribution < -0.4 is 5.32 Å². The molecule has 0 aromatic heterocycles. The lowest BCUT2D eigenvalue weighted by Gasteiger charge is -2.27. The van der Waals surface area contributed by atoms with Crippen LogP contribution in [0.2, 0.25) is 0 Å². The Balaban J connectivity index is 2.73. The Bertz CT molecular complexity index is 392. The summed E-state index contributed by atoms with van der Waals surface area (Å²) in [6.45, 7) is 5.69. The van der Waals surface area contributed by atoms with Crippen LogP contribution in [0.25, 0.3) is 0 Å². The molecular formula is C14H22N2O3. The van der Waals surface area contributed by atoms with Gasteiger partial charge in [-0.15, -0.1) is 0 Å². The molecule has 106 valence electrons. The van der Waals surface area contributed by atoms with Crippen molar-refractivity contribution >= 4 is 11.9 Å². The first-order valence-corrected chi connectivity index (χ1v) is 6.59. The van der Waals surface area contributed by atoms with E-state index in [1.165, 1.54) is 7.11 Å². The predicted octanol–water partition coefficient (Wildman–Crippen LogP) is 1.63. The van der Waals surface area contributed by atoms with E-state index in [1.807, 2.05) is 20.8 Å². The molecule has 5 nitrogen and oxygen atoms in total. The first-order valence-electron chi connectivity index (χ1n) is 6.59. The van der Waals surface area contributed by atoms with Crippen molar-refractivity contribution in [2.24, 2.45) is 17.3 Å². The lowest BCUT2D eigenvalue weighted by molar-refractivity contribution is -0.149. The maximum Gasteiger partial charge on any atom is 0.309 e. The normalized spacial score (nSPS) is 24.4. The standard InChI is InChI=1S/C14H22N2O3/c1-14(2,3)11(8-15)16-12(17)9-6-5-7-10(9)13(18)19-4/h9-11H,5-7H2,1-4H3,(H,16,17)/t9-,10-,11+/m1/s1. The van der Waals surface area contributed by atoms with E-state index in [2.05, 4.69) is 11.4 Å². The van der Waals surface area contributed by atoms with E-state index in [-0.39, 0.29) is 29.1 Å². The summed E-state index contributed by atoms with van der Waals surface area (Å²) in [6.07, 6.45) is 2.19. The third kappa shape index (κ3) is 3.69. The monoisotopic (exact) mass is 266 g/mol. The molecule has 0 bridgehead atoms. The van der Waals surface area contributed by atoms with E-state index in [9.17, 15) is 9.59 Å². The summed E-state index contributed by atoms with van der Waals surface area (Å²) < 4.78 is 4.73. The average Bonchev–Trinajstić information content (AvgIpc) is 2.82. The maximum absolute atomic E-state index is 12.2. The number of nitrogens with one attached hydrogen (secondary N) is 1. The molecular weight excluding hydrogens is 244 g/mol. The van der Waals surface area contributed by atoms with Gasteiger partial charge in [-0.05, 0) is 18.3 Å². The highest BCUT2D eigenvalue weighted by atomic mass is 16.5. The molecule has 1 amide bonds. The number of amides is 1. The van der Waals surface area contributed by atoms with E-state index in [0.29, 0.717) is 12.8 Å². The molecule has 19 heavy (non-hydrogen) atoms. The molecule has 0 aromatic carbocycles. The number of rotatable bonds is 3. The van der Waals surface area contributed by atoms with Crippen molar-refractivity contribution < 1.29 is 14.3 Å². The highest BCUT2D eigenvalue weighted by Gasteiger charge is 2.40. The number of hydrogen-bond acceptors (Lipinski definition) is 4. The van der Waals surface area contributed by atoms with Crippen molar-refractivity contribution in [3.8, 4) is 6.07 Å². The molecule has 1 rings (SSSR count). The van der Waals surface area contributed by atoms with Gasteiger partial charge in [-0.25, -0.2) is 0 Å². The summed E-state index contributed by atoms with van der Waals surface area (Å²) in [4.78, 5) is 23.8. The summed E-state index contributed by atoms with van der Waals surface area (Å²) in [5.41, 5.74) is -0.330. The Hall–Kier alpha value is -1.57. The summed E-state index contributed by atoms with van der Waals surface area (Å²) in [5, 5.41) is 11.9. The number of nitriles is 1. The first-order chi connectivity index (χ1) is 8.81. The molecule has 1 N–H and O–H groups in total. The van der Waals surface area contributed by atoms with Crippen molar-refractivity contribution in [2.45, 2.75) is 46.1 Å². The van der Waals surface area contributed by atoms with Crippen LogP contribution in [0.3, 0.4) is 0 Å². The van der Waals surface area contributed by atoms with Gasteiger partial charge in [0.25, 0.3) is 0 Å². The van der Waals surface area contributed by atoms with Crippen LogP contribution in [0, 0.1) is 28.6 Å². The molecule has 0 spiro atoms. The summed E-state index contributed by atoms with van der Waals surface area (Å²) in [6, 6.07) is 1.55.